The molecule has 0 spiro atoms. The van der Waals surface area contributed by atoms with Crippen molar-refractivity contribution in [3.63, 3.8) is 0 Å². The molecule has 0 unspecified atom stereocenters. The predicted octanol–water partition coefficient (Wildman–Crippen LogP) is 4.24. The summed E-state index contributed by atoms with van der Waals surface area (Å²) in [7, 11) is 0. The van der Waals surface area contributed by atoms with Gasteiger partial charge in [-0.3, -0.25) is 4.79 Å². The lowest BCUT2D eigenvalue weighted by atomic mass is 10.1. The van der Waals surface area contributed by atoms with Crippen LogP contribution >= 0.6 is 0 Å². The minimum atomic E-state index is -4.37. The maximum absolute atomic E-state index is 12.5. The fourth-order valence-electron chi connectivity index (χ4n) is 2.12. The van der Waals surface area contributed by atoms with Crippen LogP contribution in [0.5, 0.6) is 11.5 Å². The summed E-state index contributed by atoms with van der Waals surface area (Å²) in [5.74, 6) is 0.816. The van der Waals surface area contributed by atoms with Gasteiger partial charge >= 0.3 is 6.18 Å². The molecule has 0 atom stereocenters. The zero-order valence-electron chi connectivity index (χ0n) is 12.3. The molecule has 1 heterocycles. The highest BCUT2D eigenvalue weighted by Gasteiger charge is 2.29. The van der Waals surface area contributed by atoms with Crippen LogP contribution in [0.15, 0.2) is 54.7 Å². The summed E-state index contributed by atoms with van der Waals surface area (Å²) in [4.78, 5) is 12.0. The highest BCUT2D eigenvalue weighted by molar-refractivity contribution is 6.05. The number of benzene rings is 2. The molecule has 0 saturated heterocycles. The fraction of sp³-hybridized carbons (Fsp3) is 0.118. The molecule has 1 aliphatic rings. The highest BCUT2D eigenvalue weighted by Crippen LogP contribution is 2.32. The van der Waals surface area contributed by atoms with E-state index in [-0.39, 0.29) is 12.6 Å². The van der Waals surface area contributed by atoms with Crippen molar-refractivity contribution < 1.29 is 27.4 Å². The van der Waals surface area contributed by atoms with E-state index in [0.717, 1.165) is 12.1 Å². The average molecular weight is 335 g/mol. The van der Waals surface area contributed by atoms with Crippen LogP contribution in [0.3, 0.4) is 0 Å². The van der Waals surface area contributed by atoms with E-state index in [9.17, 15) is 18.0 Å². The van der Waals surface area contributed by atoms with Crippen molar-refractivity contribution >= 4 is 11.5 Å². The standard InChI is InChI=1S/C17H12F3NO3/c18-17(19,20)12-2-4-13(5-3-12)21-8-7-14(22)11-1-6-15-16(9-11)24-10-23-15/h1-9,21H,10H2/b8-7+. The van der Waals surface area contributed by atoms with Gasteiger partial charge in [-0.25, -0.2) is 0 Å². The maximum atomic E-state index is 12.5. The third kappa shape index (κ3) is 3.51. The number of halogens is 3. The highest BCUT2D eigenvalue weighted by atomic mass is 19.4. The fourth-order valence-corrected chi connectivity index (χ4v) is 2.12. The SMILES string of the molecule is O=C(/C=C/Nc1ccc(C(F)(F)F)cc1)c1ccc2c(c1)OCO2. The van der Waals surface area contributed by atoms with Crippen molar-refractivity contribution in [1.82, 2.24) is 0 Å². The average Bonchev–Trinajstić information content (AvgIpc) is 3.02. The molecule has 0 amide bonds. The second-order valence-electron chi connectivity index (χ2n) is 4.99. The molecule has 24 heavy (non-hydrogen) atoms. The molecule has 0 fully saturated rings. The zero-order valence-corrected chi connectivity index (χ0v) is 12.3. The van der Waals surface area contributed by atoms with Crippen LogP contribution in [0.25, 0.3) is 0 Å². The molecule has 0 saturated carbocycles. The Balaban J connectivity index is 1.62. The molecule has 3 rings (SSSR count). The van der Waals surface area contributed by atoms with E-state index in [4.69, 9.17) is 9.47 Å². The summed E-state index contributed by atoms with van der Waals surface area (Å²) in [6.45, 7) is 0.123. The van der Waals surface area contributed by atoms with Crippen molar-refractivity contribution in [2.45, 2.75) is 6.18 Å². The Hall–Kier alpha value is -2.96. The van der Waals surface area contributed by atoms with Gasteiger partial charge in [0.25, 0.3) is 0 Å². The first-order valence-electron chi connectivity index (χ1n) is 6.98. The number of ether oxygens (including phenoxy) is 2. The second-order valence-corrected chi connectivity index (χ2v) is 4.99. The normalized spacial score (nSPS) is 13.3. The lowest BCUT2D eigenvalue weighted by molar-refractivity contribution is -0.137. The Kier molecular flexibility index (Phi) is 4.16. The van der Waals surface area contributed by atoms with Crippen LogP contribution in [0, 0.1) is 0 Å². The van der Waals surface area contributed by atoms with Gasteiger partial charge in [0.05, 0.1) is 5.56 Å². The Morgan fingerprint density at radius 2 is 1.75 bits per heavy atom. The second kappa shape index (κ2) is 6.27. The van der Waals surface area contributed by atoms with E-state index < -0.39 is 11.7 Å². The zero-order chi connectivity index (χ0) is 17.2. The third-order valence-corrected chi connectivity index (χ3v) is 3.35. The molecule has 0 bridgehead atoms. The van der Waals surface area contributed by atoms with E-state index in [0.29, 0.717) is 22.7 Å². The Bertz CT molecular complexity index is 783. The van der Waals surface area contributed by atoms with Crippen molar-refractivity contribution in [1.29, 1.82) is 0 Å². The topological polar surface area (TPSA) is 47.6 Å². The van der Waals surface area contributed by atoms with Crippen LogP contribution < -0.4 is 14.8 Å². The quantitative estimate of drug-likeness (QED) is 0.670. The first-order valence-corrected chi connectivity index (χ1v) is 6.98. The first kappa shape index (κ1) is 15.9. The summed E-state index contributed by atoms with van der Waals surface area (Å²) in [6.07, 6.45) is -1.71. The molecule has 124 valence electrons. The van der Waals surface area contributed by atoms with Crippen LogP contribution in [-0.2, 0) is 6.18 Å². The minimum absolute atomic E-state index is 0.123. The van der Waals surface area contributed by atoms with Gasteiger partial charge in [0.1, 0.15) is 0 Å². The molecule has 0 radical (unpaired) electrons. The molecule has 1 N–H and O–H groups in total. The van der Waals surface area contributed by atoms with E-state index in [1.807, 2.05) is 0 Å². The van der Waals surface area contributed by atoms with Gasteiger partial charge in [-0.1, -0.05) is 0 Å². The Labute approximate surface area is 135 Å². The number of anilines is 1. The molecule has 2 aromatic carbocycles. The molecular weight excluding hydrogens is 323 g/mol. The number of ketones is 1. The van der Waals surface area contributed by atoms with Gasteiger partial charge in [0.15, 0.2) is 17.3 Å². The first-order chi connectivity index (χ1) is 11.4. The summed E-state index contributed by atoms with van der Waals surface area (Å²) < 4.78 is 47.7. The molecule has 7 heteroatoms. The predicted molar refractivity (Wildman–Crippen MR) is 81.1 cm³/mol. The number of alkyl halides is 3. The van der Waals surface area contributed by atoms with Gasteiger partial charge in [0.2, 0.25) is 6.79 Å². The van der Waals surface area contributed by atoms with Crippen molar-refractivity contribution in [3.05, 3.63) is 65.9 Å². The summed E-state index contributed by atoms with van der Waals surface area (Å²) in [5, 5.41) is 2.75. The van der Waals surface area contributed by atoms with E-state index in [1.54, 1.807) is 18.2 Å². The van der Waals surface area contributed by atoms with Crippen molar-refractivity contribution in [2.75, 3.05) is 12.1 Å². The summed E-state index contributed by atoms with van der Waals surface area (Å²) >= 11 is 0. The van der Waals surface area contributed by atoms with Gasteiger partial charge in [-0.2, -0.15) is 13.2 Å². The summed E-state index contributed by atoms with van der Waals surface area (Å²) in [6, 6.07) is 9.35. The van der Waals surface area contributed by atoms with Gasteiger partial charge in [0, 0.05) is 23.5 Å². The number of carbonyl (C=O) groups is 1. The number of rotatable bonds is 4. The number of hydrogen-bond donors (Lipinski definition) is 1. The molecule has 0 aromatic heterocycles. The maximum Gasteiger partial charge on any atom is 0.416 e. The largest absolute Gasteiger partial charge is 0.454 e. The third-order valence-electron chi connectivity index (χ3n) is 3.35. The number of hydrogen-bond acceptors (Lipinski definition) is 4. The van der Waals surface area contributed by atoms with Gasteiger partial charge < -0.3 is 14.8 Å². The molecule has 0 aliphatic carbocycles. The smallest absolute Gasteiger partial charge is 0.416 e. The molecule has 2 aromatic rings. The van der Waals surface area contributed by atoms with Crippen LogP contribution in [0.4, 0.5) is 18.9 Å². The summed E-state index contributed by atoms with van der Waals surface area (Å²) in [5.41, 5.74) is 0.135. The number of allylic oxidation sites excluding steroid dienone is 1. The number of fused-ring (bicyclic) bond motifs is 1. The van der Waals surface area contributed by atoms with Crippen molar-refractivity contribution in [2.24, 2.45) is 0 Å². The van der Waals surface area contributed by atoms with Crippen molar-refractivity contribution in [3.8, 4) is 11.5 Å². The lowest BCUT2D eigenvalue weighted by Gasteiger charge is -2.07. The van der Waals surface area contributed by atoms with E-state index >= 15 is 0 Å². The Morgan fingerprint density at radius 3 is 2.46 bits per heavy atom. The van der Waals surface area contributed by atoms with Crippen LogP contribution in [0.2, 0.25) is 0 Å². The number of nitrogens with one attached hydrogen (secondary N) is 1. The Morgan fingerprint density at radius 1 is 1.04 bits per heavy atom. The van der Waals surface area contributed by atoms with Crippen LogP contribution in [0.1, 0.15) is 15.9 Å². The van der Waals surface area contributed by atoms with Gasteiger partial charge in [-0.05, 0) is 42.5 Å². The van der Waals surface area contributed by atoms with E-state index in [1.165, 1.54) is 24.4 Å². The van der Waals surface area contributed by atoms with Gasteiger partial charge in [-0.15, -0.1) is 0 Å². The lowest BCUT2D eigenvalue weighted by Crippen LogP contribution is -2.04. The molecular formula is C17H12F3NO3. The van der Waals surface area contributed by atoms with E-state index in [2.05, 4.69) is 5.32 Å². The number of carbonyl (C=O) groups excluding carboxylic acids is 1. The molecule has 4 nitrogen and oxygen atoms in total. The monoisotopic (exact) mass is 335 g/mol. The molecule has 1 aliphatic heterocycles. The van der Waals surface area contributed by atoms with Crippen LogP contribution in [-0.4, -0.2) is 12.6 Å². The minimum Gasteiger partial charge on any atom is -0.454 e.